The fraction of sp³-hybridized carbons (Fsp3) is 0.417. The van der Waals surface area contributed by atoms with Gasteiger partial charge in [0.25, 0.3) is 0 Å². The van der Waals surface area contributed by atoms with E-state index in [1.165, 1.54) is 0 Å². The maximum atomic E-state index is 11.9. The van der Waals surface area contributed by atoms with Gasteiger partial charge in [-0.2, -0.15) is 17.0 Å². The SMILES string of the molecule is CSCC(C)NS(=O)(=O)Cc1ccc(C#N)cc1. The van der Waals surface area contributed by atoms with Crippen LogP contribution in [0.2, 0.25) is 0 Å². The second-order valence-electron chi connectivity index (χ2n) is 4.04. The Hall–Kier alpha value is -1.03. The van der Waals surface area contributed by atoms with Crippen LogP contribution in [0.5, 0.6) is 0 Å². The van der Waals surface area contributed by atoms with Crippen LogP contribution in [0.15, 0.2) is 24.3 Å². The normalized spacial score (nSPS) is 12.9. The molecule has 0 fully saturated rings. The van der Waals surface area contributed by atoms with E-state index in [4.69, 9.17) is 5.26 Å². The topological polar surface area (TPSA) is 70.0 Å². The van der Waals surface area contributed by atoms with Crippen molar-refractivity contribution in [3.8, 4) is 6.07 Å². The molecule has 1 unspecified atom stereocenters. The van der Waals surface area contributed by atoms with Crippen LogP contribution in [0.3, 0.4) is 0 Å². The van der Waals surface area contributed by atoms with Crippen LogP contribution in [0.25, 0.3) is 0 Å². The van der Waals surface area contributed by atoms with E-state index in [1.54, 1.807) is 36.0 Å². The minimum Gasteiger partial charge on any atom is -0.212 e. The van der Waals surface area contributed by atoms with E-state index >= 15 is 0 Å². The van der Waals surface area contributed by atoms with Crippen LogP contribution >= 0.6 is 11.8 Å². The Balaban J connectivity index is 2.67. The molecule has 1 N–H and O–H groups in total. The van der Waals surface area contributed by atoms with Crippen molar-refractivity contribution >= 4 is 21.8 Å². The van der Waals surface area contributed by atoms with Crippen LogP contribution < -0.4 is 4.72 Å². The molecule has 98 valence electrons. The quantitative estimate of drug-likeness (QED) is 0.863. The molecule has 0 aromatic heterocycles. The summed E-state index contributed by atoms with van der Waals surface area (Å²) in [4.78, 5) is 0. The van der Waals surface area contributed by atoms with Gasteiger partial charge < -0.3 is 0 Å². The van der Waals surface area contributed by atoms with Crippen molar-refractivity contribution in [3.63, 3.8) is 0 Å². The maximum absolute atomic E-state index is 11.9. The third-order valence-corrected chi connectivity index (χ3v) is 4.55. The number of nitriles is 1. The number of hydrogen-bond donors (Lipinski definition) is 1. The highest BCUT2D eigenvalue weighted by atomic mass is 32.2. The molecule has 1 aromatic rings. The van der Waals surface area contributed by atoms with Gasteiger partial charge >= 0.3 is 0 Å². The summed E-state index contributed by atoms with van der Waals surface area (Å²) in [7, 11) is -3.32. The highest BCUT2D eigenvalue weighted by Gasteiger charge is 2.14. The first-order valence-electron chi connectivity index (χ1n) is 5.45. The molecule has 0 aliphatic rings. The first-order valence-corrected chi connectivity index (χ1v) is 8.49. The van der Waals surface area contributed by atoms with E-state index < -0.39 is 10.0 Å². The van der Waals surface area contributed by atoms with Gasteiger partial charge in [-0.3, -0.25) is 0 Å². The van der Waals surface area contributed by atoms with Gasteiger partial charge in [0.1, 0.15) is 0 Å². The Bertz CT molecular complexity index is 518. The highest BCUT2D eigenvalue weighted by molar-refractivity contribution is 7.98. The number of nitrogens with zero attached hydrogens (tertiary/aromatic N) is 1. The van der Waals surface area contributed by atoms with Gasteiger partial charge in [-0.15, -0.1) is 0 Å². The largest absolute Gasteiger partial charge is 0.216 e. The number of hydrogen-bond acceptors (Lipinski definition) is 4. The third-order valence-electron chi connectivity index (χ3n) is 2.24. The van der Waals surface area contributed by atoms with E-state index in [2.05, 4.69) is 4.72 Å². The fourth-order valence-electron chi connectivity index (χ4n) is 1.53. The van der Waals surface area contributed by atoms with Crippen LogP contribution in [0.1, 0.15) is 18.1 Å². The lowest BCUT2D eigenvalue weighted by atomic mass is 10.2. The maximum Gasteiger partial charge on any atom is 0.216 e. The summed E-state index contributed by atoms with van der Waals surface area (Å²) in [6.45, 7) is 1.84. The molecule has 0 aliphatic heterocycles. The van der Waals surface area contributed by atoms with Crippen molar-refractivity contribution in [2.24, 2.45) is 0 Å². The molecule has 4 nitrogen and oxygen atoms in total. The highest BCUT2D eigenvalue weighted by Crippen LogP contribution is 2.08. The average molecular weight is 284 g/mol. The lowest BCUT2D eigenvalue weighted by Gasteiger charge is -2.12. The molecule has 6 heteroatoms. The lowest BCUT2D eigenvalue weighted by molar-refractivity contribution is 0.570. The van der Waals surface area contributed by atoms with E-state index in [0.29, 0.717) is 11.1 Å². The Morgan fingerprint density at radius 3 is 2.50 bits per heavy atom. The van der Waals surface area contributed by atoms with Crippen molar-refractivity contribution < 1.29 is 8.42 Å². The molecule has 0 saturated carbocycles. The van der Waals surface area contributed by atoms with Gasteiger partial charge in [-0.1, -0.05) is 12.1 Å². The summed E-state index contributed by atoms with van der Waals surface area (Å²) in [6, 6.07) is 8.49. The molecule has 0 heterocycles. The zero-order valence-electron chi connectivity index (χ0n) is 10.4. The summed E-state index contributed by atoms with van der Waals surface area (Å²) < 4.78 is 26.3. The molecule has 0 aliphatic carbocycles. The van der Waals surface area contributed by atoms with Gasteiger partial charge in [0.15, 0.2) is 0 Å². The molecule has 1 rings (SSSR count). The zero-order chi connectivity index (χ0) is 13.6. The molecule has 0 amide bonds. The zero-order valence-corrected chi connectivity index (χ0v) is 12.0. The van der Waals surface area contributed by atoms with E-state index in [-0.39, 0.29) is 11.8 Å². The number of benzene rings is 1. The molecule has 0 radical (unpaired) electrons. The Kier molecular flexibility index (Phi) is 5.66. The number of rotatable bonds is 6. The Morgan fingerprint density at radius 2 is 2.00 bits per heavy atom. The Labute approximate surface area is 112 Å². The van der Waals surface area contributed by atoms with Gasteiger partial charge in [-0.05, 0) is 30.9 Å². The molecule has 0 bridgehead atoms. The summed E-state index contributed by atoms with van der Waals surface area (Å²) >= 11 is 1.60. The smallest absolute Gasteiger partial charge is 0.212 e. The van der Waals surface area contributed by atoms with E-state index in [1.807, 2.05) is 19.2 Å². The summed E-state index contributed by atoms with van der Waals surface area (Å²) in [6.07, 6.45) is 1.94. The number of thioether (sulfide) groups is 1. The number of sulfonamides is 1. The van der Waals surface area contributed by atoms with Gasteiger partial charge in [-0.25, -0.2) is 13.1 Å². The van der Waals surface area contributed by atoms with Gasteiger partial charge in [0, 0.05) is 11.8 Å². The molecule has 0 saturated heterocycles. The van der Waals surface area contributed by atoms with E-state index in [0.717, 1.165) is 5.75 Å². The predicted molar refractivity (Wildman–Crippen MR) is 74.8 cm³/mol. The first-order chi connectivity index (χ1) is 8.46. The van der Waals surface area contributed by atoms with Crippen molar-refractivity contribution in [2.75, 3.05) is 12.0 Å². The van der Waals surface area contributed by atoms with Crippen molar-refractivity contribution in [2.45, 2.75) is 18.7 Å². The van der Waals surface area contributed by atoms with Crippen molar-refractivity contribution in [1.29, 1.82) is 5.26 Å². The molecular formula is C12H16N2O2S2. The summed E-state index contributed by atoms with van der Waals surface area (Å²) in [5, 5.41) is 8.66. The minimum absolute atomic E-state index is 0.0581. The van der Waals surface area contributed by atoms with Crippen LogP contribution in [-0.4, -0.2) is 26.5 Å². The van der Waals surface area contributed by atoms with Crippen molar-refractivity contribution in [1.82, 2.24) is 4.72 Å². The monoisotopic (exact) mass is 284 g/mol. The summed E-state index contributed by atoms with van der Waals surface area (Å²) in [5.74, 6) is 0.685. The van der Waals surface area contributed by atoms with Crippen LogP contribution in [-0.2, 0) is 15.8 Å². The van der Waals surface area contributed by atoms with Crippen LogP contribution in [0, 0.1) is 11.3 Å². The standard InChI is InChI=1S/C12H16N2O2S2/c1-10(8-17-2)14-18(15,16)9-12-5-3-11(7-13)4-6-12/h3-6,10,14H,8-9H2,1-2H3. The van der Waals surface area contributed by atoms with Crippen molar-refractivity contribution in [3.05, 3.63) is 35.4 Å². The molecule has 18 heavy (non-hydrogen) atoms. The molecule has 1 aromatic carbocycles. The number of nitrogens with one attached hydrogen (secondary N) is 1. The predicted octanol–water partition coefficient (Wildman–Crippen LogP) is 1.73. The second kappa shape index (κ2) is 6.78. The molecular weight excluding hydrogens is 268 g/mol. The van der Waals surface area contributed by atoms with E-state index in [9.17, 15) is 8.42 Å². The minimum atomic E-state index is -3.32. The average Bonchev–Trinajstić information content (AvgIpc) is 2.29. The van der Waals surface area contributed by atoms with Crippen LogP contribution in [0.4, 0.5) is 0 Å². The van der Waals surface area contributed by atoms with Gasteiger partial charge in [0.05, 0.1) is 17.4 Å². The third kappa shape index (κ3) is 5.08. The Morgan fingerprint density at radius 1 is 1.39 bits per heavy atom. The second-order valence-corrected chi connectivity index (χ2v) is 6.71. The summed E-state index contributed by atoms with van der Waals surface area (Å²) in [5.41, 5.74) is 1.21. The fourth-order valence-corrected chi connectivity index (χ4v) is 3.63. The molecule has 1 atom stereocenters. The van der Waals surface area contributed by atoms with Gasteiger partial charge in [0.2, 0.25) is 10.0 Å². The lowest BCUT2D eigenvalue weighted by Crippen LogP contribution is -2.35. The molecule has 0 spiro atoms. The first kappa shape index (κ1) is 15.0.